The summed E-state index contributed by atoms with van der Waals surface area (Å²) in [5.74, 6) is -0.909. The van der Waals surface area contributed by atoms with Crippen molar-refractivity contribution in [1.82, 2.24) is 0 Å². The summed E-state index contributed by atoms with van der Waals surface area (Å²) in [6.45, 7) is 10.8. The Bertz CT molecular complexity index is 1100. The third-order valence-corrected chi connectivity index (χ3v) is 11.8. The third kappa shape index (κ3) is 6.28. The minimum absolute atomic E-state index is 0.0764. The van der Waals surface area contributed by atoms with E-state index in [4.69, 9.17) is 18.6 Å². The Morgan fingerprint density at radius 2 is 1.43 bits per heavy atom. The van der Waals surface area contributed by atoms with Gasteiger partial charge in [-0.05, 0) is 34.8 Å². The Morgan fingerprint density at radius 1 is 0.919 bits per heavy atom. The van der Waals surface area contributed by atoms with Crippen molar-refractivity contribution in [2.45, 2.75) is 64.3 Å². The minimum Gasteiger partial charge on any atom is -0.400 e. The van der Waals surface area contributed by atoms with E-state index in [1.165, 1.54) is 0 Å². The summed E-state index contributed by atoms with van der Waals surface area (Å²) >= 11 is 0. The van der Waals surface area contributed by atoms with Crippen molar-refractivity contribution in [3.8, 4) is 0 Å². The first-order valence-electron chi connectivity index (χ1n) is 12.9. The number of ketones is 1. The van der Waals surface area contributed by atoms with Gasteiger partial charge in [0.2, 0.25) is 0 Å². The van der Waals surface area contributed by atoms with Crippen LogP contribution in [0.3, 0.4) is 0 Å². The van der Waals surface area contributed by atoms with Crippen molar-refractivity contribution < 1.29 is 23.4 Å². The van der Waals surface area contributed by atoms with E-state index in [1.54, 1.807) is 0 Å². The Morgan fingerprint density at radius 3 is 1.89 bits per heavy atom. The van der Waals surface area contributed by atoms with Crippen molar-refractivity contribution >= 4 is 24.5 Å². The summed E-state index contributed by atoms with van der Waals surface area (Å²) in [6, 6.07) is 30.5. The van der Waals surface area contributed by atoms with Gasteiger partial charge in [-0.15, -0.1) is 0 Å². The molecule has 0 radical (unpaired) electrons. The molecule has 2 atom stereocenters. The van der Waals surface area contributed by atoms with E-state index in [0.29, 0.717) is 6.61 Å². The number of benzene rings is 3. The highest BCUT2D eigenvalue weighted by Crippen LogP contribution is 2.37. The van der Waals surface area contributed by atoms with Gasteiger partial charge in [-0.3, -0.25) is 4.79 Å². The predicted octanol–water partition coefficient (Wildman–Crippen LogP) is 4.87. The second kappa shape index (κ2) is 11.4. The molecule has 0 aliphatic carbocycles. The van der Waals surface area contributed by atoms with Crippen molar-refractivity contribution in [1.29, 1.82) is 0 Å². The zero-order valence-corrected chi connectivity index (χ0v) is 23.5. The second-order valence-corrected chi connectivity index (χ2v) is 15.3. The third-order valence-electron chi connectivity index (χ3n) is 6.81. The van der Waals surface area contributed by atoms with Gasteiger partial charge >= 0.3 is 0 Å². The van der Waals surface area contributed by atoms with E-state index < -0.39 is 26.3 Å². The van der Waals surface area contributed by atoms with Crippen LogP contribution in [0.5, 0.6) is 0 Å². The molecule has 4 rings (SSSR count). The predicted molar refractivity (Wildman–Crippen MR) is 149 cm³/mol. The second-order valence-electron chi connectivity index (χ2n) is 11.0. The van der Waals surface area contributed by atoms with Gasteiger partial charge in [-0.2, -0.15) is 0 Å². The van der Waals surface area contributed by atoms with E-state index >= 15 is 0 Å². The Balaban J connectivity index is 1.63. The SMILES string of the molecule is CC1(C)OC[C@H]([C@H](OCc2ccccc2)C(=O)CO[Si](c2ccccc2)(c2ccccc2)C(C)(C)C)O1. The fraction of sp³-hybridized carbons (Fsp3) is 0.387. The molecule has 1 fully saturated rings. The van der Waals surface area contributed by atoms with Crippen molar-refractivity contribution in [2.75, 3.05) is 13.2 Å². The van der Waals surface area contributed by atoms with Crippen LogP contribution < -0.4 is 10.4 Å². The van der Waals surface area contributed by atoms with Crippen LogP contribution in [0, 0.1) is 0 Å². The van der Waals surface area contributed by atoms with Crippen molar-refractivity contribution in [3.05, 3.63) is 96.6 Å². The van der Waals surface area contributed by atoms with Gasteiger partial charge in [0.05, 0.1) is 19.8 Å². The van der Waals surface area contributed by atoms with Crippen LogP contribution in [0.2, 0.25) is 5.04 Å². The molecule has 0 bridgehead atoms. The summed E-state index contributed by atoms with van der Waals surface area (Å²) in [5.41, 5.74) is 0.992. The molecule has 0 saturated carbocycles. The number of ether oxygens (including phenoxy) is 3. The monoisotopic (exact) mass is 518 g/mol. The maximum Gasteiger partial charge on any atom is 0.261 e. The van der Waals surface area contributed by atoms with E-state index in [1.807, 2.05) is 80.6 Å². The molecule has 0 N–H and O–H groups in total. The summed E-state index contributed by atoms with van der Waals surface area (Å²) < 4.78 is 25.0. The van der Waals surface area contributed by atoms with Crippen molar-refractivity contribution in [3.63, 3.8) is 0 Å². The van der Waals surface area contributed by atoms with Gasteiger partial charge < -0.3 is 18.6 Å². The summed E-state index contributed by atoms with van der Waals surface area (Å²) in [4.78, 5) is 13.8. The van der Waals surface area contributed by atoms with E-state index in [9.17, 15) is 4.79 Å². The first kappa shape index (κ1) is 27.4. The van der Waals surface area contributed by atoms with Crippen LogP contribution in [0.1, 0.15) is 40.2 Å². The van der Waals surface area contributed by atoms with Gasteiger partial charge in [0, 0.05) is 0 Å². The number of Topliss-reactive ketones (excluding diaryl/α,β-unsaturated/α-hetero) is 1. The Hall–Kier alpha value is -2.61. The molecule has 6 heteroatoms. The molecule has 0 amide bonds. The molecular weight excluding hydrogens is 480 g/mol. The van der Waals surface area contributed by atoms with Crippen LogP contribution in [-0.4, -0.2) is 45.3 Å². The molecule has 37 heavy (non-hydrogen) atoms. The lowest BCUT2D eigenvalue weighted by molar-refractivity contribution is -0.166. The smallest absolute Gasteiger partial charge is 0.261 e. The number of hydrogen-bond donors (Lipinski definition) is 0. The average Bonchev–Trinajstić information content (AvgIpc) is 3.25. The lowest BCUT2D eigenvalue weighted by atomic mass is 10.1. The number of rotatable bonds is 10. The number of carbonyl (C=O) groups excluding carboxylic acids is 1. The Labute approximate surface area is 221 Å². The highest BCUT2D eigenvalue weighted by Gasteiger charge is 2.51. The van der Waals surface area contributed by atoms with Crippen LogP contribution in [0.15, 0.2) is 91.0 Å². The quantitative estimate of drug-likeness (QED) is 0.359. The average molecular weight is 519 g/mol. The molecule has 5 nitrogen and oxygen atoms in total. The van der Waals surface area contributed by atoms with Crippen LogP contribution >= 0.6 is 0 Å². The first-order chi connectivity index (χ1) is 17.6. The van der Waals surface area contributed by atoms with E-state index in [2.05, 4.69) is 45.0 Å². The molecule has 0 unspecified atom stereocenters. The number of carbonyl (C=O) groups is 1. The molecule has 1 heterocycles. The zero-order chi connectivity index (χ0) is 26.5. The Kier molecular flexibility index (Phi) is 8.46. The van der Waals surface area contributed by atoms with E-state index in [0.717, 1.165) is 15.9 Å². The van der Waals surface area contributed by atoms with Gasteiger partial charge in [0.1, 0.15) is 12.2 Å². The lowest BCUT2D eigenvalue weighted by Crippen LogP contribution is -2.67. The van der Waals surface area contributed by atoms with E-state index in [-0.39, 0.29) is 24.0 Å². The molecule has 1 aliphatic heterocycles. The maximum atomic E-state index is 13.8. The molecule has 196 valence electrons. The molecule has 0 aromatic heterocycles. The standard InChI is InChI=1S/C31H38O5Si/c1-30(2,3)37(25-17-11-7-12-18-25,26-19-13-8-14-20-26)35-22-27(32)29(28-23-34-31(4,5)36-28)33-21-24-15-9-6-10-16-24/h6-20,28-29H,21-23H2,1-5H3/t28-,29-/m1/s1. The van der Waals surface area contributed by atoms with Gasteiger partial charge in [0.15, 0.2) is 11.6 Å². The zero-order valence-electron chi connectivity index (χ0n) is 22.5. The van der Waals surface area contributed by atoms with Crippen LogP contribution in [0.4, 0.5) is 0 Å². The summed E-state index contributed by atoms with van der Waals surface area (Å²) in [7, 11) is -2.86. The minimum atomic E-state index is -2.86. The molecular formula is C31H38O5Si. The van der Waals surface area contributed by atoms with Gasteiger partial charge in [-0.1, -0.05) is 112 Å². The summed E-state index contributed by atoms with van der Waals surface area (Å²) in [6.07, 6.45) is -1.31. The highest BCUT2D eigenvalue weighted by atomic mass is 28.4. The first-order valence-corrected chi connectivity index (χ1v) is 14.8. The van der Waals surface area contributed by atoms with Gasteiger partial charge in [-0.25, -0.2) is 0 Å². The largest absolute Gasteiger partial charge is 0.400 e. The molecule has 3 aromatic carbocycles. The van der Waals surface area contributed by atoms with Crippen molar-refractivity contribution in [2.24, 2.45) is 0 Å². The molecule has 1 aliphatic rings. The fourth-order valence-corrected chi connectivity index (χ4v) is 9.57. The highest BCUT2D eigenvalue weighted by molar-refractivity contribution is 6.99. The van der Waals surface area contributed by atoms with Gasteiger partial charge in [0.25, 0.3) is 8.32 Å². The lowest BCUT2D eigenvalue weighted by Gasteiger charge is -2.43. The summed E-state index contributed by atoms with van der Waals surface area (Å²) in [5, 5.41) is 2.03. The van der Waals surface area contributed by atoms with Crippen LogP contribution in [0.25, 0.3) is 0 Å². The molecule has 0 spiro atoms. The fourth-order valence-electron chi connectivity index (χ4n) is 5.06. The topological polar surface area (TPSA) is 54.0 Å². The molecule has 1 saturated heterocycles. The number of hydrogen-bond acceptors (Lipinski definition) is 5. The molecule has 3 aromatic rings. The maximum absolute atomic E-state index is 13.8. The van der Waals surface area contributed by atoms with Crippen LogP contribution in [-0.2, 0) is 30.0 Å². The normalized spacial score (nSPS) is 18.5.